The summed E-state index contributed by atoms with van der Waals surface area (Å²) in [7, 11) is 1.36. The van der Waals surface area contributed by atoms with Gasteiger partial charge in [0.1, 0.15) is 0 Å². The zero-order valence-corrected chi connectivity index (χ0v) is 13.0. The predicted molar refractivity (Wildman–Crippen MR) is 84.4 cm³/mol. The lowest BCUT2D eigenvalue weighted by molar-refractivity contribution is -0.126. The molecule has 0 spiro atoms. The predicted octanol–water partition coefficient (Wildman–Crippen LogP) is 1.65. The van der Waals surface area contributed by atoms with E-state index >= 15 is 0 Å². The number of benzene rings is 1. The molecule has 2 rings (SSSR count). The molecule has 0 bridgehead atoms. The van der Waals surface area contributed by atoms with Crippen molar-refractivity contribution in [2.75, 3.05) is 13.7 Å². The van der Waals surface area contributed by atoms with Gasteiger partial charge in [-0.05, 0) is 43.4 Å². The molecule has 0 aliphatic heterocycles. The molecule has 2 unspecified atom stereocenters. The summed E-state index contributed by atoms with van der Waals surface area (Å²) < 4.78 is 4.66. The van der Waals surface area contributed by atoms with Crippen molar-refractivity contribution in [3.63, 3.8) is 0 Å². The van der Waals surface area contributed by atoms with Crippen LogP contribution >= 0.6 is 0 Å². The van der Waals surface area contributed by atoms with E-state index in [9.17, 15) is 9.59 Å². The first-order valence-electron chi connectivity index (χ1n) is 7.80. The zero-order valence-electron chi connectivity index (χ0n) is 13.0. The second kappa shape index (κ2) is 7.94. The minimum absolute atomic E-state index is 0.0606. The normalized spacial score (nSPS) is 21.2. The second-order valence-corrected chi connectivity index (χ2v) is 5.85. The Morgan fingerprint density at radius 2 is 2.00 bits per heavy atom. The van der Waals surface area contributed by atoms with Crippen LogP contribution in [-0.4, -0.2) is 31.6 Å². The highest BCUT2D eigenvalue weighted by atomic mass is 16.5. The standard InChI is InChI=1S/C17H24N2O3/c1-22-17(21)13-7-5-12(6-8-13)9-10-19-16(20)14-3-2-4-15(18)11-14/h5-8,14-15H,2-4,9-11,18H2,1H3,(H,19,20). The minimum Gasteiger partial charge on any atom is -0.465 e. The van der Waals surface area contributed by atoms with Gasteiger partial charge in [0.15, 0.2) is 0 Å². The van der Waals surface area contributed by atoms with E-state index in [2.05, 4.69) is 10.1 Å². The van der Waals surface area contributed by atoms with Crippen LogP contribution in [0.4, 0.5) is 0 Å². The molecule has 2 atom stereocenters. The van der Waals surface area contributed by atoms with Crippen LogP contribution in [-0.2, 0) is 16.0 Å². The Morgan fingerprint density at radius 3 is 2.64 bits per heavy atom. The van der Waals surface area contributed by atoms with Crippen molar-refractivity contribution in [2.24, 2.45) is 11.7 Å². The van der Waals surface area contributed by atoms with Gasteiger partial charge in [-0.25, -0.2) is 4.79 Å². The molecule has 1 amide bonds. The van der Waals surface area contributed by atoms with Gasteiger partial charge >= 0.3 is 5.97 Å². The highest BCUT2D eigenvalue weighted by Gasteiger charge is 2.24. The summed E-state index contributed by atoms with van der Waals surface area (Å²) in [6, 6.07) is 7.41. The number of hydrogen-bond donors (Lipinski definition) is 2. The summed E-state index contributed by atoms with van der Waals surface area (Å²) >= 11 is 0. The fourth-order valence-corrected chi connectivity index (χ4v) is 2.87. The summed E-state index contributed by atoms with van der Waals surface area (Å²) in [5.41, 5.74) is 7.53. The van der Waals surface area contributed by atoms with Gasteiger partial charge in [0.25, 0.3) is 0 Å². The van der Waals surface area contributed by atoms with E-state index in [1.807, 2.05) is 12.1 Å². The quantitative estimate of drug-likeness (QED) is 0.810. The summed E-state index contributed by atoms with van der Waals surface area (Å²) in [6.07, 6.45) is 4.53. The number of nitrogens with two attached hydrogens (primary N) is 1. The lowest BCUT2D eigenvalue weighted by atomic mass is 9.85. The Bertz CT molecular complexity index is 513. The number of carbonyl (C=O) groups is 2. The van der Waals surface area contributed by atoms with Gasteiger partial charge in [-0.1, -0.05) is 18.6 Å². The molecule has 3 N–H and O–H groups in total. The maximum absolute atomic E-state index is 12.1. The topological polar surface area (TPSA) is 81.4 Å². The van der Waals surface area contributed by atoms with Crippen LogP contribution in [0.15, 0.2) is 24.3 Å². The second-order valence-electron chi connectivity index (χ2n) is 5.85. The van der Waals surface area contributed by atoms with Crippen molar-refractivity contribution in [2.45, 2.75) is 38.1 Å². The Morgan fingerprint density at radius 1 is 1.27 bits per heavy atom. The lowest BCUT2D eigenvalue weighted by Gasteiger charge is -2.25. The van der Waals surface area contributed by atoms with Crippen molar-refractivity contribution in [3.05, 3.63) is 35.4 Å². The number of methoxy groups -OCH3 is 1. The third-order valence-corrected chi connectivity index (χ3v) is 4.17. The van der Waals surface area contributed by atoms with Crippen LogP contribution in [0.1, 0.15) is 41.6 Å². The lowest BCUT2D eigenvalue weighted by Crippen LogP contribution is -2.38. The van der Waals surface area contributed by atoms with Crippen LogP contribution < -0.4 is 11.1 Å². The Hall–Kier alpha value is -1.88. The van der Waals surface area contributed by atoms with Crippen LogP contribution in [0.25, 0.3) is 0 Å². The summed E-state index contributed by atoms with van der Waals surface area (Å²) in [5, 5.41) is 2.98. The average Bonchev–Trinajstić information content (AvgIpc) is 2.54. The maximum atomic E-state index is 12.1. The molecule has 1 fully saturated rings. The molecular formula is C17H24N2O3. The molecule has 120 valence electrons. The fraction of sp³-hybridized carbons (Fsp3) is 0.529. The van der Waals surface area contributed by atoms with Gasteiger partial charge in [-0.15, -0.1) is 0 Å². The Kier molecular flexibility index (Phi) is 5.95. The summed E-state index contributed by atoms with van der Waals surface area (Å²) in [6.45, 7) is 0.599. The van der Waals surface area contributed by atoms with Crippen molar-refractivity contribution >= 4 is 11.9 Å². The Balaban J connectivity index is 1.76. The maximum Gasteiger partial charge on any atom is 0.337 e. The van der Waals surface area contributed by atoms with Gasteiger partial charge in [-0.3, -0.25) is 4.79 Å². The van der Waals surface area contributed by atoms with Crippen LogP contribution in [0.3, 0.4) is 0 Å². The number of carbonyl (C=O) groups excluding carboxylic acids is 2. The largest absolute Gasteiger partial charge is 0.465 e. The third-order valence-electron chi connectivity index (χ3n) is 4.17. The minimum atomic E-state index is -0.339. The third kappa shape index (κ3) is 4.56. The molecule has 1 aromatic rings. The number of hydrogen-bond acceptors (Lipinski definition) is 4. The number of amides is 1. The van der Waals surface area contributed by atoms with Gasteiger partial charge in [-0.2, -0.15) is 0 Å². The highest BCUT2D eigenvalue weighted by molar-refractivity contribution is 5.89. The highest BCUT2D eigenvalue weighted by Crippen LogP contribution is 2.23. The monoisotopic (exact) mass is 304 g/mol. The molecule has 1 aliphatic rings. The smallest absolute Gasteiger partial charge is 0.337 e. The van der Waals surface area contributed by atoms with E-state index in [1.165, 1.54) is 7.11 Å². The Labute approximate surface area is 131 Å². The number of nitrogens with one attached hydrogen (secondary N) is 1. The van der Waals surface area contributed by atoms with Gasteiger partial charge in [0.05, 0.1) is 12.7 Å². The van der Waals surface area contributed by atoms with E-state index in [-0.39, 0.29) is 23.8 Å². The molecule has 0 aromatic heterocycles. The molecule has 1 saturated carbocycles. The van der Waals surface area contributed by atoms with E-state index in [1.54, 1.807) is 12.1 Å². The summed E-state index contributed by atoms with van der Waals surface area (Å²) in [4.78, 5) is 23.4. The van der Waals surface area contributed by atoms with E-state index in [0.29, 0.717) is 12.1 Å². The van der Waals surface area contributed by atoms with Crippen LogP contribution in [0, 0.1) is 5.92 Å². The number of rotatable bonds is 5. The van der Waals surface area contributed by atoms with Gasteiger partial charge in [0, 0.05) is 18.5 Å². The molecule has 5 nitrogen and oxygen atoms in total. The molecule has 22 heavy (non-hydrogen) atoms. The molecule has 1 aliphatic carbocycles. The van der Waals surface area contributed by atoms with Crippen LogP contribution in [0.5, 0.6) is 0 Å². The van der Waals surface area contributed by atoms with E-state index < -0.39 is 0 Å². The van der Waals surface area contributed by atoms with Crippen molar-refractivity contribution in [1.29, 1.82) is 0 Å². The van der Waals surface area contributed by atoms with E-state index in [4.69, 9.17) is 5.73 Å². The fourth-order valence-electron chi connectivity index (χ4n) is 2.87. The van der Waals surface area contributed by atoms with Gasteiger partial charge < -0.3 is 15.8 Å². The SMILES string of the molecule is COC(=O)c1ccc(CCNC(=O)C2CCCC(N)C2)cc1. The number of ether oxygens (including phenoxy) is 1. The first-order chi connectivity index (χ1) is 10.6. The van der Waals surface area contributed by atoms with Crippen molar-refractivity contribution in [1.82, 2.24) is 5.32 Å². The molecule has 0 saturated heterocycles. The van der Waals surface area contributed by atoms with Crippen molar-refractivity contribution < 1.29 is 14.3 Å². The van der Waals surface area contributed by atoms with Gasteiger partial charge in [0.2, 0.25) is 5.91 Å². The molecule has 1 aromatic carbocycles. The first kappa shape index (κ1) is 16.5. The molecule has 0 radical (unpaired) electrons. The molecule has 5 heteroatoms. The molecular weight excluding hydrogens is 280 g/mol. The van der Waals surface area contributed by atoms with E-state index in [0.717, 1.165) is 37.7 Å². The first-order valence-corrected chi connectivity index (χ1v) is 7.80. The average molecular weight is 304 g/mol. The van der Waals surface area contributed by atoms with Crippen molar-refractivity contribution in [3.8, 4) is 0 Å². The summed E-state index contributed by atoms with van der Waals surface area (Å²) in [5.74, 6) is -0.166. The molecule has 0 heterocycles. The van der Waals surface area contributed by atoms with Crippen LogP contribution in [0.2, 0.25) is 0 Å². The number of esters is 1. The zero-order chi connectivity index (χ0) is 15.9.